The minimum absolute atomic E-state index is 0.0406. The zero-order valence-corrected chi connectivity index (χ0v) is 18.0. The third-order valence-corrected chi connectivity index (χ3v) is 6.83. The molecular weight excluding hydrogens is 471 g/mol. The molecule has 0 fully saturated rings. The first-order valence-electron chi connectivity index (χ1n) is 9.58. The summed E-state index contributed by atoms with van der Waals surface area (Å²) in [5.41, 5.74) is 0.996. The van der Waals surface area contributed by atoms with Gasteiger partial charge in [-0.15, -0.1) is 0 Å². The van der Waals surface area contributed by atoms with Crippen LogP contribution >= 0.6 is 0 Å². The Hall–Kier alpha value is -3.29. The number of pyridine rings is 1. The summed E-state index contributed by atoms with van der Waals surface area (Å²) in [5.74, 6) is -5.16. The number of fused-ring (bicyclic) bond motifs is 2. The Kier molecular flexibility index (Phi) is 5.30. The van der Waals surface area contributed by atoms with Crippen molar-refractivity contribution in [1.82, 2.24) is 24.5 Å². The molecule has 1 N–H and O–H groups in total. The quantitative estimate of drug-likeness (QED) is 0.415. The van der Waals surface area contributed by atoms with Gasteiger partial charge in [-0.25, -0.2) is 18.1 Å². The summed E-state index contributed by atoms with van der Waals surface area (Å²) in [5, 5.41) is 11.3. The molecule has 176 valence electrons. The Labute approximate surface area is 183 Å². The van der Waals surface area contributed by atoms with Gasteiger partial charge in [0.2, 0.25) is 0 Å². The van der Waals surface area contributed by atoms with Crippen LogP contribution in [0.25, 0.3) is 27.6 Å². The van der Waals surface area contributed by atoms with Crippen molar-refractivity contribution in [2.45, 2.75) is 30.6 Å². The summed E-state index contributed by atoms with van der Waals surface area (Å²) >= 11 is 0. The van der Waals surface area contributed by atoms with Crippen molar-refractivity contribution in [2.24, 2.45) is 0 Å². The first-order chi connectivity index (χ1) is 15.4. The second-order valence-corrected chi connectivity index (χ2v) is 9.40. The molecule has 3 heterocycles. The Balaban J connectivity index is 1.86. The molecule has 0 spiro atoms. The van der Waals surface area contributed by atoms with E-state index >= 15 is 0 Å². The van der Waals surface area contributed by atoms with Crippen molar-refractivity contribution in [2.75, 3.05) is 18.1 Å². The Bertz CT molecular complexity index is 1460. The third kappa shape index (κ3) is 3.87. The molecule has 0 bridgehead atoms. The van der Waals surface area contributed by atoms with Crippen molar-refractivity contribution in [3.05, 3.63) is 36.7 Å². The van der Waals surface area contributed by atoms with Crippen molar-refractivity contribution < 1.29 is 30.4 Å². The lowest BCUT2D eigenvalue weighted by Gasteiger charge is -2.19. The lowest BCUT2D eigenvalue weighted by molar-refractivity contribution is -0.287. The van der Waals surface area contributed by atoms with E-state index in [1.165, 1.54) is 13.0 Å². The van der Waals surface area contributed by atoms with E-state index in [4.69, 9.17) is 0 Å². The van der Waals surface area contributed by atoms with E-state index in [9.17, 15) is 30.4 Å². The van der Waals surface area contributed by atoms with Crippen LogP contribution in [0.5, 0.6) is 0 Å². The summed E-state index contributed by atoms with van der Waals surface area (Å²) in [6.07, 6.45) is -3.58. The molecule has 0 radical (unpaired) electrons. The number of aromatic nitrogens is 5. The number of nitrogens with one attached hydrogen (secondary N) is 1. The average molecular weight is 488 g/mol. The van der Waals surface area contributed by atoms with Crippen molar-refractivity contribution >= 4 is 37.3 Å². The molecule has 4 aromatic rings. The van der Waals surface area contributed by atoms with Gasteiger partial charge in [0.25, 0.3) is 0 Å². The highest BCUT2D eigenvalue weighted by molar-refractivity contribution is 7.91. The second kappa shape index (κ2) is 7.64. The van der Waals surface area contributed by atoms with Crippen LogP contribution in [0.2, 0.25) is 0 Å². The molecule has 0 atom stereocenters. The monoisotopic (exact) mass is 488 g/mol. The molecule has 0 aliphatic heterocycles. The molecule has 0 aliphatic carbocycles. The molecule has 4 rings (SSSR count). The first kappa shape index (κ1) is 22.9. The minimum atomic E-state index is -5.73. The molecule has 14 heteroatoms. The van der Waals surface area contributed by atoms with E-state index in [-0.39, 0.29) is 27.5 Å². The highest BCUT2D eigenvalue weighted by Crippen LogP contribution is 2.37. The van der Waals surface area contributed by atoms with Gasteiger partial charge in [0, 0.05) is 23.5 Å². The van der Waals surface area contributed by atoms with Gasteiger partial charge in [-0.1, -0.05) is 6.92 Å². The van der Waals surface area contributed by atoms with E-state index < -0.39 is 28.5 Å². The highest BCUT2D eigenvalue weighted by atomic mass is 32.2. The number of anilines is 1. The number of benzene rings is 1. The highest BCUT2D eigenvalue weighted by Gasteiger charge is 2.57. The maximum atomic E-state index is 13.5. The van der Waals surface area contributed by atoms with Crippen LogP contribution < -0.4 is 5.32 Å². The Morgan fingerprint density at radius 2 is 1.82 bits per heavy atom. The average Bonchev–Trinajstić information content (AvgIpc) is 3.33. The van der Waals surface area contributed by atoms with Crippen LogP contribution in [0.4, 0.5) is 27.6 Å². The lowest BCUT2D eigenvalue weighted by Crippen LogP contribution is -2.40. The zero-order chi connectivity index (χ0) is 24.2. The van der Waals surface area contributed by atoms with E-state index in [1.807, 2.05) is 0 Å². The van der Waals surface area contributed by atoms with Gasteiger partial charge >= 0.3 is 12.1 Å². The summed E-state index contributed by atoms with van der Waals surface area (Å²) < 4.78 is 92.0. The number of hydrogen-bond acceptors (Lipinski definition) is 6. The van der Waals surface area contributed by atoms with Gasteiger partial charge in [-0.05, 0) is 24.3 Å². The number of sulfone groups is 1. The molecular formula is C19H17F5N6O2S. The fourth-order valence-corrected chi connectivity index (χ4v) is 4.47. The van der Waals surface area contributed by atoms with Crippen LogP contribution in [-0.4, -0.2) is 57.9 Å². The number of alkyl halides is 5. The summed E-state index contributed by atoms with van der Waals surface area (Å²) in [4.78, 5) is 4.08. The normalized spacial score (nSPS) is 13.2. The predicted molar refractivity (Wildman–Crippen MR) is 110 cm³/mol. The van der Waals surface area contributed by atoms with Crippen LogP contribution in [0.1, 0.15) is 6.92 Å². The Morgan fingerprint density at radius 3 is 2.45 bits per heavy atom. The van der Waals surface area contributed by atoms with Gasteiger partial charge in [0.1, 0.15) is 6.54 Å². The Morgan fingerprint density at radius 1 is 1.09 bits per heavy atom. The number of nitrogens with zero attached hydrogens (tertiary/aromatic N) is 5. The topological polar surface area (TPSA) is 94.7 Å². The number of hydrogen-bond donors (Lipinski definition) is 1. The summed E-state index contributed by atoms with van der Waals surface area (Å²) in [7, 11) is -2.08. The smallest absolute Gasteiger partial charge is 0.388 e. The lowest BCUT2D eigenvalue weighted by atomic mass is 10.2. The van der Waals surface area contributed by atoms with Crippen LogP contribution in [-0.2, 0) is 16.4 Å². The predicted octanol–water partition coefficient (Wildman–Crippen LogP) is 3.80. The third-order valence-electron chi connectivity index (χ3n) is 5.09. The van der Waals surface area contributed by atoms with Crippen molar-refractivity contribution in [3.63, 3.8) is 0 Å². The fourth-order valence-electron chi connectivity index (χ4n) is 3.29. The van der Waals surface area contributed by atoms with E-state index in [1.54, 1.807) is 25.2 Å². The molecule has 0 saturated heterocycles. The van der Waals surface area contributed by atoms with Gasteiger partial charge < -0.3 is 5.32 Å². The maximum Gasteiger partial charge on any atom is 0.455 e. The largest absolute Gasteiger partial charge is 0.455 e. The molecule has 0 saturated carbocycles. The number of halogens is 5. The van der Waals surface area contributed by atoms with Gasteiger partial charge in [0.05, 0.1) is 29.2 Å². The van der Waals surface area contributed by atoms with Crippen LogP contribution in [0.15, 0.2) is 41.7 Å². The molecule has 33 heavy (non-hydrogen) atoms. The molecule has 0 aliphatic rings. The van der Waals surface area contributed by atoms with E-state index in [0.717, 1.165) is 17.1 Å². The fraction of sp³-hybridized carbons (Fsp3) is 0.316. The molecule has 0 amide bonds. The standard InChI is InChI=1S/C19H17F5N6O2S/c1-3-33(31,32)17-13-5-4-12(25-2)7-14(13)28-30(17)16-6-11-8-27-29(15(11)9-26-16)10-18(20,21)19(22,23)24/h4-9,25H,3,10H2,1-2H3. The van der Waals surface area contributed by atoms with Gasteiger partial charge in [-0.3, -0.25) is 4.68 Å². The molecule has 3 aromatic heterocycles. The second-order valence-electron chi connectivity index (χ2n) is 7.21. The minimum Gasteiger partial charge on any atom is -0.388 e. The van der Waals surface area contributed by atoms with E-state index in [2.05, 4.69) is 20.5 Å². The molecule has 0 unspecified atom stereocenters. The summed E-state index contributed by atoms with van der Waals surface area (Å²) in [6.45, 7) is -0.239. The van der Waals surface area contributed by atoms with Crippen LogP contribution in [0, 0.1) is 0 Å². The molecule has 1 aromatic carbocycles. The van der Waals surface area contributed by atoms with Crippen molar-refractivity contribution in [1.29, 1.82) is 0 Å². The van der Waals surface area contributed by atoms with Gasteiger partial charge in [0.15, 0.2) is 20.7 Å². The first-order valence-corrected chi connectivity index (χ1v) is 11.2. The van der Waals surface area contributed by atoms with E-state index in [0.29, 0.717) is 21.3 Å². The maximum absolute atomic E-state index is 13.5. The summed E-state index contributed by atoms with van der Waals surface area (Å²) in [6, 6.07) is 6.26. The van der Waals surface area contributed by atoms with Crippen molar-refractivity contribution in [3.8, 4) is 5.82 Å². The van der Waals surface area contributed by atoms with Gasteiger partial charge in [-0.2, -0.15) is 32.1 Å². The molecule has 8 nitrogen and oxygen atoms in total. The zero-order valence-electron chi connectivity index (χ0n) is 17.2. The SMILES string of the molecule is CCS(=O)(=O)c1c2ccc(NC)cc2nn1-c1cc2cnn(CC(F)(F)C(F)(F)F)c2cn1. The van der Waals surface area contributed by atoms with Crippen LogP contribution in [0.3, 0.4) is 0 Å². The number of rotatable bonds is 6.